The van der Waals surface area contributed by atoms with Crippen LogP contribution in [-0.4, -0.2) is 74.2 Å². The summed E-state index contributed by atoms with van der Waals surface area (Å²) in [7, 11) is 1.77. The Balaban J connectivity index is 0.00000242. The van der Waals surface area contributed by atoms with E-state index in [1.54, 1.807) is 7.11 Å². The van der Waals surface area contributed by atoms with Crippen molar-refractivity contribution in [3.8, 4) is 0 Å². The summed E-state index contributed by atoms with van der Waals surface area (Å²) >= 11 is 0. The fraction of sp³-hybridized carbons (Fsp3) is 0.933. The van der Waals surface area contributed by atoms with E-state index in [-0.39, 0.29) is 35.7 Å². The zero-order chi connectivity index (χ0) is 15.1. The molecule has 0 amide bonds. The Morgan fingerprint density at radius 2 is 2.00 bits per heavy atom. The highest BCUT2D eigenvalue weighted by molar-refractivity contribution is 14.0. The normalized spacial score (nSPS) is 23.0. The number of halogens is 1. The van der Waals surface area contributed by atoms with Gasteiger partial charge in [-0.25, -0.2) is 0 Å². The summed E-state index contributed by atoms with van der Waals surface area (Å²) in [6.45, 7) is 6.79. The molecule has 0 aromatic carbocycles. The van der Waals surface area contributed by atoms with Crippen LogP contribution in [0.3, 0.4) is 0 Å². The quantitative estimate of drug-likeness (QED) is 0.402. The predicted molar refractivity (Wildman–Crippen MR) is 98.0 cm³/mol. The number of guanidine groups is 1. The van der Waals surface area contributed by atoms with Crippen LogP contribution in [0.2, 0.25) is 0 Å². The monoisotopic (exact) mass is 427 g/mol. The number of piperidine rings is 1. The molecule has 2 N–H and O–H groups in total. The molecule has 0 radical (unpaired) electrons. The van der Waals surface area contributed by atoms with Crippen molar-refractivity contribution in [3.63, 3.8) is 0 Å². The third kappa shape index (κ3) is 5.50. The van der Waals surface area contributed by atoms with Crippen molar-refractivity contribution in [2.45, 2.75) is 44.3 Å². The topological polar surface area (TPSA) is 66.3 Å². The zero-order valence-corrected chi connectivity index (χ0v) is 16.0. The minimum Gasteiger partial charge on any atom is -0.393 e. The number of rotatable bonds is 4. The van der Waals surface area contributed by atoms with E-state index in [1.165, 1.54) is 0 Å². The smallest absolute Gasteiger partial charge is 0.194 e. The maximum Gasteiger partial charge on any atom is 0.194 e. The van der Waals surface area contributed by atoms with Gasteiger partial charge in [0.25, 0.3) is 0 Å². The molecular formula is C15H30IN3O3. The largest absolute Gasteiger partial charge is 0.393 e. The van der Waals surface area contributed by atoms with E-state index in [4.69, 9.17) is 14.5 Å². The Labute approximate surface area is 150 Å². The van der Waals surface area contributed by atoms with Crippen LogP contribution in [0.4, 0.5) is 0 Å². The van der Waals surface area contributed by atoms with Gasteiger partial charge in [0.1, 0.15) is 0 Å². The first kappa shape index (κ1) is 19.9. The van der Waals surface area contributed by atoms with E-state index in [0.29, 0.717) is 6.54 Å². The number of aliphatic hydroxyl groups excluding tert-OH is 1. The van der Waals surface area contributed by atoms with E-state index in [2.05, 4.69) is 17.1 Å². The maximum absolute atomic E-state index is 9.63. The third-order valence-electron chi connectivity index (χ3n) is 4.45. The molecule has 2 rings (SSSR count). The van der Waals surface area contributed by atoms with Gasteiger partial charge in [-0.3, -0.25) is 4.99 Å². The molecule has 0 aromatic rings. The lowest BCUT2D eigenvalue weighted by molar-refractivity contribution is -0.0829. The van der Waals surface area contributed by atoms with Crippen LogP contribution in [0.5, 0.6) is 0 Å². The number of aliphatic imine (C=N–C) groups is 1. The molecule has 6 nitrogen and oxygen atoms in total. The lowest BCUT2D eigenvalue weighted by Gasteiger charge is -2.36. The Kier molecular flexibility index (Phi) is 8.96. The number of methoxy groups -OCH3 is 1. The number of likely N-dealkylation sites (tertiary alicyclic amines) is 1. The van der Waals surface area contributed by atoms with Crippen molar-refractivity contribution < 1.29 is 14.6 Å². The van der Waals surface area contributed by atoms with Gasteiger partial charge in [-0.05, 0) is 19.8 Å². The predicted octanol–water partition coefficient (Wildman–Crippen LogP) is 1.22. The molecule has 0 spiro atoms. The van der Waals surface area contributed by atoms with Crippen LogP contribution in [0.1, 0.15) is 32.6 Å². The number of nitrogens with one attached hydrogen (secondary N) is 1. The highest BCUT2D eigenvalue weighted by atomic mass is 127. The van der Waals surface area contributed by atoms with Gasteiger partial charge >= 0.3 is 0 Å². The number of hydrogen-bond donors (Lipinski definition) is 2. The summed E-state index contributed by atoms with van der Waals surface area (Å²) < 4.78 is 11.2. The second-order valence-corrected chi connectivity index (χ2v) is 5.89. The van der Waals surface area contributed by atoms with Crippen molar-refractivity contribution in [3.05, 3.63) is 0 Å². The molecule has 2 heterocycles. The second-order valence-electron chi connectivity index (χ2n) is 5.89. The first-order chi connectivity index (χ1) is 10.2. The van der Waals surface area contributed by atoms with Gasteiger partial charge in [0.05, 0.1) is 18.2 Å². The van der Waals surface area contributed by atoms with Crippen molar-refractivity contribution >= 4 is 29.9 Å². The Hall–Kier alpha value is -0.120. The molecule has 2 fully saturated rings. The summed E-state index contributed by atoms with van der Waals surface area (Å²) in [6, 6.07) is 0. The molecule has 22 heavy (non-hydrogen) atoms. The minimum atomic E-state index is -0.186. The molecule has 2 saturated heterocycles. The van der Waals surface area contributed by atoms with Gasteiger partial charge in [0.2, 0.25) is 0 Å². The highest BCUT2D eigenvalue weighted by Gasteiger charge is 2.32. The molecule has 130 valence electrons. The molecule has 0 unspecified atom stereocenters. The van der Waals surface area contributed by atoms with E-state index in [0.717, 1.165) is 64.5 Å². The summed E-state index contributed by atoms with van der Waals surface area (Å²) in [5, 5.41) is 13.0. The van der Waals surface area contributed by atoms with Gasteiger partial charge in [0, 0.05) is 52.8 Å². The Morgan fingerprint density at radius 1 is 1.36 bits per heavy atom. The van der Waals surface area contributed by atoms with E-state index in [9.17, 15) is 5.11 Å². The first-order valence-corrected chi connectivity index (χ1v) is 8.03. The average molecular weight is 427 g/mol. The molecular weight excluding hydrogens is 397 g/mol. The summed E-state index contributed by atoms with van der Waals surface area (Å²) in [6.07, 6.45) is 3.25. The molecule has 0 aliphatic carbocycles. The van der Waals surface area contributed by atoms with Gasteiger partial charge in [-0.2, -0.15) is 0 Å². The SMILES string of the molecule is CCNC(=NCC1(OC)CCOCC1)N1CCC(O)CC1.I. The average Bonchev–Trinajstić information content (AvgIpc) is 2.53. The van der Waals surface area contributed by atoms with E-state index >= 15 is 0 Å². The van der Waals surface area contributed by atoms with Crippen LogP contribution >= 0.6 is 24.0 Å². The van der Waals surface area contributed by atoms with Gasteiger partial charge in [-0.15, -0.1) is 24.0 Å². The second kappa shape index (κ2) is 9.89. The first-order valence-electron chi connectivity index (χ1n) is 8.03. The van der Waals surface area contributed by atoms with Crippen LogP contribution in [0.15, 0.2) is 4.99 Å². The Bertz CT molecular complexity index is 341. The van der Waals surface area contributed by atoms with E-state index < -0.39 is 0 Å². The summed E-state index contributed by atoms with van der Waals surface area (Å²) in [4.78, 5) is 7.03. The van der Waals surface area contributed by atoms with Crippen LogP contribution in [-0.2, 0) is 9.47 Å². The van der Waals surface area contributed by atoms with Crippen molar-refractivity contribution in [1.29, 1.82) is 0 Å². The summed E-state index contributed by atoms with van der Waals surface area (Å²) in [5.74, 6) is 0.937. The number of hydrogen-bond acceptors (Lipinski definition) is 4. The summed E-state index contributed by atoms with van der Waals surface area (Å²) in [5.41, 5.74) is -0.186. The van der Waals surface area contributed by atoms with Crippen molar-refractivity contribution in [2.24, 2.45) is 4.99 Å². The maximum atomic E-state index is 9.63. The van der Waals surface area contributed by atoms with Gasteiger partial charge in [-0.1, -0.05) is 0 Å². The highest BCUT2D eigenvalue weighted by Crippen LogP contribution is 2.25. The van der Waals surface area contributed by atoms with Crippen LogP contribution < -0.4 is 5.32 Å². The molecule has 0 aromatic heterocycles. The molecule has 2 aliphatic rings. The van der Waals surface area contributed by atoms with Crippen molar-refractivity contribution in [1.82, 2.24) is 10.2 Å². The fourth-order valence-corrected chi connectivity index (χ4v) is 2.89. The van der Waals surface area contributed by atoms with Crippen molar-refractivity contribution in [2.75, 3.05) is 46.5 Å². The van der Waals surface area contributed by atoms with Crippen LogP contribution in [0.25, 0.3) is 0 Å². The van der Waals surface area contributed by atoms with Crippen LogP contribution in [0, 0.1) is 0 Å². The minimum absolute atomic E-state index is 0. The lowest BCUT2D eigenvalue weighted by atomic mass is 9.94. The Morgan fingerprint density at radius 3 is 2.55 bits per heavy atom. The van der Waals surface area contributed by atoms with Gasteiger partial charge < -0.3 is 24.8 Å². The fourth-order valence-electron chi connectivity index (χ4n) is 2.89. The standard InChI is InChI=1S/C15H29N3O3.HI/c1-3-16-14(18-8-4-13(19)5-9-18)17-12-15(20-2)6-10-21-11-7-15;/h13,19H,3-12H2,1-2H3,(H,16,17);1H. The molecule has 0 saturated carbocycles. The zero-order valence-electron chi connectivity index (χ0n) is 13.7. The number of nitrogens with zero attached hydrogens (tertiary/aromatic N) is 2. The lowest BCUT2D eigenvalue weighted by Crippen LogP contribution is -2.48. The molecule has 2 aliphatic heterocycles. The number of aliphatic hydroxyl groups is 1. The molecule has 0 atom stereocenters. The third-order valence-corrected chi connectivity index (χ3v) is 4.45. The molecule has 7 heteroatoms. The molecule has 0 bridgehead atoms. The number of ether oxygens (including phenoxy) is 2. The van der Waals surface area contributed by atoms with E-state index in [1.807, 2.05) is 0 Å². The van der Waals surface area contributed by atoms with Gasteiger partial charge in [0.15, 0.2) is 5.96 Å².